The van der Waals surface area contributed by atoms with Gasteiger partial charge in [-0.2, -0.15) is 0 Å². The Morgan fingerprint density at radius 3 is 2.31 bits per heavy atom. The number of alkyl halides is 1. The third-order valence-corrected chi connectivity index (χ3v) is 2.01. The van der Waals surface area contributed by atoms with Gasteiger partial charge in [0, 0.05) is 6.54 Å². The second-order valence-corrected chi connectivity index (χ2v) is 2.95. The minimum Gasteiger partial charge on any atom is -0.344 e. The normalized spacial score (nSPS) is 11.5. The summed E-state index contributed by atoms with van der Waals surface area (Å²) in [6.07, 6.45) is 0.707. The first-order valence-electron chi connectivity index (χ1n) is 3.66. The van der Waals surface area contributed by atoms with Crippen molar-refractivity contribution >= 4 is 17.9 Å². The van der Waals surface area contributed by atoms with Crippen LogP contribution in [0.3, 0.4) is 0 Å². The number of hydrogen-bond donors (Lipinski definition) is 2. The van der Waals surface area contributed by atoms with Crippen molar-refractivity contribution in [3.05, 3.63) is 35.4 Å². The molecule has 0 saturated carbocycles. The average Bonchev–Trinajstić information content (AvgIpc) is 2.17. The van der Waals surface area contributed by atoms with Crippen LogP contribution in [0.25, 0.3) is 0 Å². The smallest absolute Gasteiger partial charge is 0.142 e. The highest BCUT2D eigenvalue weighted by atomic mass is 35.5. The third-order valence-electron chi connectivity index (χ3n) is 1.65. The summed E-state index contributed by atoms with van der Waals surface area (Å²) < 4.78 is 0. The number of hydrogen-bond acceptors (Lipinski definition) is 3. The molecular weight excluding hydrogens is 188 g/mol. The molecule has 0 aromatic heterocycles. The Bertz CT molecular complexity index is 261. The van der Waals surface area contributed by atoms with E-state index in [2.05, 4.69) is 0 Å². The highest BCUT2D eigenvalue weighted by molar-refractivity contribution is 6.27. The number of carbonyl (C=O) groups is 1. The fraction of sp³-hybridized carbons (Fsp3) is 0.222. The Morgan fingerprint density at radius 2 is 1.92 bits per heavy atom. The zero-order valence-electron chi connectivity index (χ0n) is 7.24. The van der Waals surface area contributed by atoms with E-state index < -0.39 is 5.38 Å². The van der Waals surface area contributed by atoms with Gasteiger partial charge in [0.2, 0.25) is 0 Å². The van der Waals surface area contributed by atoms with Crippen molar-refractivity contribution in [2.75, 3.05) is 0 Å². The van der Waals surface area contributed by atoms with Crippen molar-refractivity contribution in [3.63, 3.8) is 0 Å². The molecule has 0 radical (unpaired) electrons. The molecule has 3 nitrogen and oxygen atoms in total. The van der Waals surface area contributed by atoms with Crippen LogP contribution in [0.1, 0.15) is 16.5 Å². The molecule has 0 bridgehead atoms. The van der Waals surface area contributed by atoms with E-state index in [0.717, 1.165) is 11.1 Å². The zero-order chi connectivity index (χ0) is 8.97. The van der Waals surface area contributed by atoms with Gasteiger partial charge in [-0.1, -0.05) is 24.3 Å². The van der Waals surface area contributed by atoms with Crippen LogP contribution in [-0.4, -0.2) is 6.29 Å². The molecule has 0 amide bonds. The first-order valence-corrected chi connectivity index (χ1v) is 4.10. The molecule has 4 heteroatoms. The van der Waals surface area contributed by atoms with Crippen molar-refractivity contribution in [1.29, 1.82) is 0 Å². The molecule has 72 valence electrons. The number of halogens is 1. The van der Waals surface area contributed by atoms with Crippen LogP contribution in [0.15, 0.2) is 24.3 Å². The maximum absolute atomic E-state index is 10.3. The fourth-order valence-electron chi connectivity index (χ4n) is 0.916. The van der Waals surface area contributed by atoms with Crippen LogP contribution in [0.5, 0.6) is 0 Å². The van der Waals surface area contributed by atoms with Crippen LogP contribution in [0.4, 0.5) is 0 Å². The molecular formula is C9H13ClN2O. The molecule has 0 aliphatic rings. The summed E-state index contributed by atoms with van der Waals surface area (Å²) in [5.74, 6) is 0. The topological polar surface area (TPSA) is 78.1 Å². The van der Waals surface area contributed by atoms with Gasteiger partial charge in [-0.3, -0.25) is 0 Å². The van der Waals surface area contributed by atoms with Gasteiger partial charge < -0.3 is 16.7 Å². The van der Waals surface area contributed by atoms with Crippen LogP contribution in [0, 0.1) is 0 Å². The van der Waals surface area contributed by atoms with Gasteiger partial charge in [-0.05, 0) is 11.1 Å². The Kier molecular flexibility index (Phi) is 5.30. The summed E-state index contributed by atoms with van der Waals surface area (Å²) in [4.78, 5) is 10.3. The summed E-state index contributed by atoms with van der Waals surface area (Å²) >= 11 is 5.69. The summed E-state index contributed by atoms with van der Waals surface area (Å²) in [5, 5.41) is -0.545. The summed E-state index contributed by atoms with van der Waals surface area (Å²) in [6.45, 7) is 0.508. The monoisotopic (exact) mass is 200 g/mol. The fourth-order valence-corrected chi connectivity index (χ4v) is 1.06. The van der Waals surface area contributed by atoms with Crippen molar-refractivity contribution < 1.29 is 4.79 Å². The Hall–Kier alpha value is -0.900. The zero-order valence-corrected chi connectivity index (χ0v) is 8.00. The minimum atomic E-state index is -0.545. The molecule has 13 heavy (non-hydrogen) atoms. The number of rotatable bonds is 3. The number of aldehydes is 1. The quantitative estimate of drug-likeness (QED) is 0.577. The van der Waals surface area contributed by atoms with Crippen molar-refractivity contribution in [2.24, 2.45) is 5.73 Å². The second-order valence-electron chi connectivity index (χ2n) is 2.48. The van der Waals surface area contributed by atoms with Crippen molar-refractivity contribution in [2.45, 2.75) is 11.9 Å². The Morgan fingerprint density at radius 1 is 1.38 bits per heavy atom. The molecule has 1 aromatic carbocycles. The molecule has 0 saturated heterocycles. The molecule has 0 aliphatic carbocycles. The largest absolute Gasteiger partial charge is 0.344 e. The van der Waals surface area contributed by atoms with Crippen LogP contribution in [-0.2, 0) is 11.3 Å². The lowest BCUT2D eigenvalue weighted by Gasteiger charge is -2.02. The SMILES string of the molecule is N.NCc1ccc(C(Cl)C=O)cc1. The number of nitrogens with two attached hydrogens (primary N) is 1. The first-order chi connectivity index (χ1) is 5.77. The predicted molar refractivity (Wildman–Crippen MR) is 54.0 cm³/mol. The Labute approximate surface area is 82.5 Å². The minimum absolute atomic E-state index is 0. The van der Waals surface area contributed by atoms with Gasteiger partial charge in [0.1, 0.15) is 11.7 Å². The molecule has 1 unspecified atom stereocenters. The van der Waals surface area contributed by atoms with Gasteiger partial charge in [0.15, 0.2) is 0 Å². The lowest BCUT2D eigenvalue weighted by molar-refractivity contribution is -0.107. The van der Waals surface area contributed by atoms with E-state index in [1.165, 1.54) is 0 Å². The lowest BCUT2D eigenvalue weighted by atomic mass is 10.1. The summed E-state index contributed by atoms with van der Waals surface area (Å²) in [6, 6.07) is 7.37. The second kappa shape index (κ2) is 5.70. The highest BCUT2D eigenvalue weighted by Crippen LogP contribution is 2.17. The van der Waals surface area contributed by atoms with Crippen LogP contribution < -0.4 is 11.9 Å². The van der Waals surface area contributed by atoms with Crippen LogP contribution >= 0.6 is 11.6 Å². The molecule has 1 rings (SSSR count). The van der Waals surface area contributed by atoms with E-state index in [0.29, 0.717) is 12.8 Å². The van der Waals surface area contributed by atoms with E-state index in [1.807, 2.05) is 24.3 Å². The van der Waals surface area contributed by atoms with Gasteiger partial charge in [0.25, 0.3) is 0 Å². The molecule has 0 fully saturated rings. The van der Waals surface area contributed by atoms with Crippen LogP contribution in [0.2, 0.25) is 0 Å². The highest BCUT2D eigenvalue weighted by Gasteiger charge is 2.04. The third kappa shape index (κ3) is 3.14. The number of benzene rings is 1. The van der Waals surface area contributed by atoms with E-state index in [4.69, 9.17) is 17.3 Å². The molecule has 0 aliphatic heterocycles. The maximum Gasteiger partial charge on any atom is 0.142 e. The summed E-state index contributed by atoms with van der Waals surface area (Å²) in [7, 11) is 0. The maximum atomic E-state index is 10.3. The van der Waals surface area contributed by atoms with Gasteiger partial charge in [-0.25, -0.2) is 0 Å². The molecule has 0 spiro atoms. The molecule has 1 atom stereocenters. The lowest BCUT2D eigenvalue weighted by Crippen LogP contribution is -1.97. The predicted octanol–water partition coefficient (Wildman–Crippen LogP) is 1.79. The molecule has 1 aromatic rings. The van der Waals surface area contributed by atoms with Crippen molar-refractivity contribution in [3.8, 4) is 0 Å². The van der Waals surface area contributed by atoms with Gasteiger partial charge in [0.05, 0.1) is 0 Å². The number of carbonyl (C=O) groups excluding carboxylic acids is 1. The standard InChI is InChI=1S/C9H10ClNO.H3N/c10-9(6-12)8-3-1-7(5-11)2-4-8;/h1-4,6,9H,5,11H2;1H3. The van der Waals surface area contributed by atoms with E-state index in [1.54, 1.807) is 0 Å². The Balaban J connectivity index is 0.00000144. The van der Waals surface area contributed by atoms with E-state index in [-0.39, 0.29) is 6.15 Å². The average molecular weight is 201 g/mol. The van der Waals surface area contributed by atoms with E-state index >= 15 is 0 Å². The summed E-state index contributed by atoms with van der Waals surface area (Å²) in [5.41, 5.74) is 7.25. The van der Waals surface area contributed by atoms with Gasteiger partial charge in [-0.15, -0.1) is 11.6 Å². The van der Waals surface area contributed by atoms with E-state index in [9.17, 15) is 4.79 Å². The van der Waals surface area contributed by atoms with Crippen molar-refractivity contribution in [1.82, 2.24) is 6.15 Å². The first kappa shape index (κ1) is 12.1. The molecule has 0 heterocycles. The van der Waals surface area contributed by atoms with Gasteiger partial charge >= 0.3 is 0 Å². The molecule has 5 N–H and O–H groups in total.